The third kappa shape index (κ3) is 3.57. The van der Waals surface area contributed by atoms with Crippen molar-refractivity contribution in [3.8, 4) is 0 Å². The maximum Gasteiger partial charge on any atom is 0.307 e. The fraction of sp³-hybridized carbons (Fsp3) is 0.800. The number of hydrogen-bond donors (Lipinski definition) is 2. The Kier molecular flexibility index (Phi) is 6.50. The lowest BCUT2D eigenvalue weighted by Crippen LogP contribution is -2.55. The number of fused-ring (bicyclic) bond motifs is 4. The van der Waals surface area contributed by atoms with E-state index < -0.39 is 11.9 Å². The number of aldehydes is 1. The van der Waals surface area contributed by atoms with Gasteiger partial charge < -0.3 is 15.0 Å². The normalized spacial score (nSPS) is 43.1. The van der Waals surface area contributed by atoms with E-state index >= 15 is 0 Å². The van der Waals surface area contributed by atoms with Gasteiger partial charge in [-0.05, 0) is 91.3 Å². The molecular formula is C30H46O4. The van der Waals surface area contributed by atoms with Crippen molar-refractivity contribution in [2.45, 2.75) is 105 Å². The summed E-state index contributed by atoms with van der Waals surface area (Å²) in [5, 5.41) is 21.0. The van der Waals surface area contributed by atoms with Gasteiger partial charge in [-0.2, -0.15) is 0 Å². The number of rotatable bonds is 6. The van der Waals surface area contributed by atoms with E-state index in [0.29, 0.717) is 12.3 Å². The van der Waals surface area contributed by atoms with Crippen molar-refractivity contribution in [3.63, 3.8) is 0 Å². The molecule has 0 aromatic carbocycles. The van der Waals surface area contributed by atoms with Gasteiger partial charge in [0.2, 0.25) is 0 Å². The molecule has 0 aliphatic heterocycles. The summed E-state index contributed by atoms with van der Waals surface area (Å²) in [4.78, 5) is 23.4. The minimum Gasteiger partial charge on any atom is -0.481 e. The average molecular weight is 471 g/mol. The summed E-state index contributed by atoms with van der Waals surface area (Å²) >= 11 is 0. The smallest absolute Gasteiger partial charge is 0.307 e. The first-order valence-corrected chi connectivity index (χ1v) is 13.6. The molecule has 2 saturated carbocycles. The molecule has 0 bridgehead atoms. The second-order valence-corrected chi connectivity index (χ2v) is 13.3. The van der Waals surface area contributed by atoms with Crippen LogP contribution in [0.2, 0.25) is 0 Å². The minimum absolute atomic E-state index is 0.0219. The van der Waals surface area contributed by atoms with Crippen molar-refractivity contribution < 1.29 is 19.8 Å². The second kappa shape index (κ2) is 8.61. The maximum atomic E-state index is 12.4. The van der Waals surface area contributed by atoms with Crippen LogP contribution in [0.5, 0.6) is 0 Å². The van der Waals surface area contributed by atoms with Crippen molar-refractivity contribution in [1.82, 2.24) is 0 Å². The van der Waals surface area contributed by atoms with Gasteiger partial charge in [0, 0.05) is 5.92 Å². The molecule has 0 aromatic rings. The number of aliphatic hydroxyl groups is 1. The highest BCUT2D eigenvalue weighted by Gasteiger charge is 2.64. The number of carbonyl (C=O) groups is 2. The summed E-state index contributed by atoms with van der Waals surface area (Å²) in [6, 6.07) is 0. The standard InChI is InChI=1S/C30H46O4/c1-19(18-31)8-7-9-20(26(33)34)21-12-16-30(6)23-10-11-24-27(2,3)25(32)14-15-28(24,4)22(23)13-17-29(21,30)5/h7-8,18-21,24-25,32H,9-17H2,1-6H3,(H,33,34)/t19?,20-,21-,24?,25?,28-,29-,30+/m1/s1. The molecule has 8 atom stereocenters. The van der Waals surface area contributed by atoms with Crippen LogP contribution in [0.25, 0.3) is 0 Å². The predicted octanol–water partition coefficient (Wildman–Crippen LogP) is 6.58. The van der Waals surface area contributed by atoms with E-state index in [1.807, 2.05) is 19.1 Å². The van der Waals surface area contributed by atoms with Crippen LogP contribution in [-0.4, -0.2) is 28.6 Å². The van der Waals surface area contributed by atoms with Gasteiger partial charge in [0.15, 0.2) is 0 Å². The van der Waals surface area contributed by atoms with Gasteiger partial charge in [0.25, 0.3) is 0 Å². The summed E-state index contributed by atoms with van der Waals surface area (Å²) in [5.41, 5.74) is 3.42. The second-order valence-electron chi connectivity index (χ2n) is 13.3. The maximum absolute atomic E-state index is 12.4. The molecule has 4 aliphatic carbocycles. The summed E-state index contributed by atoms with van der Waals surface area (Å²) < 4.78 is 0. The van der Waals surface area contributed by atoms with Gasteiger partial charge in [-0.25, -0.2) is 0 Å². The van der Waals surface area contributed by atoms with Crippen molar-refractivity contribution >= 4 is 12.3 Å². The van der Waals surface area contributed by atoms with Gasteiger partial charge in [-0.3, -0.25) is 4.79 Å². The van der Waals surface area contributed by atoms with E-state index in [1.165, 1.54) is 0 Å². The Balaban J connectivity index is 1.68. The number of hydrogen-bond acceptors (Lipinski definition) is 3. The van der Waals surface area contributed by atoms with Crippen LogP contribution in [0.15, 0.2) is 23.3 Å². The lowest BCUT2D eigenvalue weighted by Gasteiger charge is -2.62. The largest absolute Gasteiger partial charge is 0.481 e. The first-order valence-electron chi connectivity index (χ1n) is 13.6. The zero-order valence-corrected chi connectivity index (χ0v) is 22.2. The molecule has 4 rings (SSSR count). The quantitative estimate of drug-likeness (QED) is 0.340. The Hall–Kier alpha value is -1.42. The average Bonchev–Trinajstić information content (AvgIpc) is 3.05. The van der Waals surface area contributed by atoms with Crippen LogP contribution in [-0.2, 0) is 9.59 Å². The Labute approximate surface area is 206 Å². The summed E-state index contributed by atoms with van der Waals surface area (Å²) in [6.07, 6.45) is 13.3. The molecule has 4 heteroatoms. The van der Waals surface area contributed by atoms with Crippen molar-refractivity contribution in [3.05, 3.63) is 23.3 Å². The van der Waals surface area contributed by atoms with Crippen LogP contribution >= 0.6 is 0 Å². The molecule has 0 spiro atoms. The Morgan fingerprint density at radius 3 is 2.38 bits per heavy atom. The van der Waals surface area contributed by atoms with Gasteiger partial charge in [0.1, 0.15) is 6.29 Å². The molecule has 4 aliphatic rings. The Morgan fingerprint density at radius 2 is 1.74 bits per heavy atom. The number of aliphatic hydroxyl groups excluding tert-OH is 1. The van der Waals surface area contributed by atoms with E-state index in [4.69, 9.17) is 0 Å². The molecule has 0 radical (unpaired) electrons. The minimum atomic E-state index is -0.697. The van der Waals surface area contributed by atoms with E-state index in [1.54, 1.807) is 11.1 Å². The highest BCUT2D eigenvalue weighted by atomic mass is 16.4. The topological polar surface area (TPSA) is 74.6 Å². The predicted molar refractivity (Wildman–Crippen MR) is 135 cm³/mol. The molecule has 0 heterocycles. The van der Waals surface area contributed by atoms with E-state index in [9.17, 15) is 19.8 Å². The van der Waals surface area contributed by atoms with Crippen LogP contribution in [0.4, 0.5) is 0 Å². The third-order valence-corrected chi connectivity index (χ3v) is 11.6. The molecule has 4 nitrogen and oxygen atoms in total. The highest BCUT2D eigenvalue weighted by Crippen LogP contribution is 2.72. The molecule has 190 valence electrons. The van der Waals surface area contributed by atoms with E-state index in [2.05, 4.69) is 34.6 Å². The van der Waals surface area contributed by atoms with Crippen molar-refractivity contribution in [2.24, 2.45) is 45.3 Å². The zero-order chi connectivity index (χ0) is 25.1. The fourth-order valence-electron chi connectivity index (χ4n) is 9.28. The summed E-state index contributed by atoms with van der Waals surface area (Å²) in [6.45, 7) is 13.7. The van der Waals surface area contributed by atoms with Gasteiger partial charge in [-0.15, -0.1) is 0 Å². The van der Waals surface area contributed by atoms with Crippen molar-refractivity contribution in [2.75, 3.05) is 0 Å². The first kappa shape index (κ1) is 25.7. The SMILES string of the molecule is CC(C=O)C=CC[C@@H](C(=O)O)[C@H]1CC[C@@]2(C)C3=C(CC[C@]12C)[C@@]1(C)CCC(O)C(C)(C)C1CC3. The number of carboxylic acids is 1. The number of carbonyl (C=O) groups excluding carboxylic acids is 1. The number of carboxylic acid groups (broad SMARTS) is 1. The number of aliphatic carboxylic acids is 1. The van der Waals surface area contributed by atoms with Crippen LogP contribution in [0.1, 0.15) is 99.3 Å². The molecule has 2 N–H and O–H groups in total. The van der Waals surface area contributed by atoms with Crippen LogP contribution in [0, 0.1) is 45.3 Å². The fourth-order valence-corrected chi connectivity index (χ4v) is 9.28. The Bertz CT molecular complexity index is 899. The monoisotopic (exact) mass is 470 g/mol. The van der Waals surface area contributed by atoms with Crippen LogP contribution < -0.4 is 0 Å². The lowest BCUT2D eigenvalue weighted by atomic mass is 9.43. The Morgan fingerprint density at radius 1 is 1.03 bits per heavy atom. The zero-order valence-electron chi connectivity index (χ0n) is 22.2. The van der Waals surface area contributed by atoms with Crippen LogP contribution in [0.3, 0.4) is 0 Å². The molecule has 2 fully saturated rings. The summed E-state index contributed by atoms with van der Waals surface area (Å²) in [7, 11) is 0. The molecule has 34 heavy (non-hydrogen) atoms. The van der Waals surface area contributed by atoms with E-state index in [-0.39, 0.29) is 39.6 Å². The summed E-state index contributed by atoms with van der Waals surface area (Å²) in [5.74, 6) is -0.618. The molecule has 0 saturated heterocycles. The van der Waals surface area contributed by atoms with Gasteiger partial charge in [0.05, 0.1) is 12.0 Å². The van der Waals surface area contributed by atoms with E-state index in [0.717, 1.165) is 57.7 Å². The van der Waals surface area contributed by atoms with Crippen molar-refractivity contribution in [1.29, 1.82) is 0 Å². The highest BCUT2D eigenvalue weighted by molar-refractivity contribution is 5.71. The van der Waals surface area contributed by atoms with Gasteiger partial charge in [-0.1, -0.05) is 64.8 Å². The van der Waals surface area contributed by atoms with Gasteiger partial charge >= 0.3 is 5.97 Å². The third-order valence-electron chi connectivity index (χ3n) is 11.6. The molecular weight excluding hydrogens is 424 g/mol. The molecule has 0 amide bonds. The first-order chi connectivity index (χ1) is 15.8. The molecule has 3 unspecified atom stereocenters. The lowest BCUT2D eigenvalue weighted by molar-refractivity contribution is -0.146. The molecule has 0 aromatic heterocycles. The number of allylic oxidation sites excluding steroid dienone is 4.